The van der Waals surface area contributed by atoms with Gasteiger partial charge in [0.25, 0.3) is 5.91 Å². The molecule has 5 N–H and O–H groups in total. The molecule has 0 atom stereocenters. The van der Waals surface area contributed by atoms with Crippen molar-refractivity contribution in [2.75, 3.05) is 10.9 Å². The van der Waals surface area contributed by atoms with Gasteiger partial charge in [-0.3, -0.25) is 21.5 Å². The van der Waals surface area contributed by atoms with Gasteiger partial charge in [0.15, 0.2) is 0 Å². The molecule has 0 aliphatic carbocycles. The van der Waals surface area contributed by atoms with Crippen LogP contribution in [-0.4, -0.2) is 5.91 Å². The second kappa shape index (κ2) is 9.35. The molecule has 0 saturated heterocycles. The average Bonchev–Trinajstić information content (AvgIpc) is 2.46. The number of nitrogens with two attached hydrogens (primary N) is 1. The molecule has 0 aliphatic rings. The van der Waals surface area contributed by atoms with Gasteiger partial charge in [-0.15, -0.1) is 34.0 Å². The first-order valence-corrected chi connectivity index (χ1v) is 5.47. The van der Waals surface area contributed by atoms with Crippen molar-refractivity contribution in [3.63, 3.8) is 0 Å². The van der Waals surface area contributed by atoms with E-state index >= 15 is 0 Å². The van der Waals surface area contributed by atoms with E-state index in [1.54, 1.807) is 24.3 Å². The lowest BCUT2D eigenvalue weighted by Gasteiger charge is -2.08. The highest BCUT2D eigenvalue weighted by Crippen LogP contribution is 2.08. The van der Waals surface area contributed by atoms with Crippen LogP contribution in [0, 0.1) is 0 Å². The maximum Gasteiger partial charge on any atom is 0.269 e. The lowest BCUT2D eigenvalue weighted by atomic mass is 10.2. The van der Waals surface area contributed by atoms with Gasteiger partial charge >= 0.3 is 0 Å². The number of carbonyl (C=O) groups excluding carboxylic acids is 1. The monoisotopic (exact) mass is 402 g/mol. The molecule has 2 rings (SSSR count). The second-order valence-corrected chi connectivity index (χ2v) is 3.67. The SMILES string of the molecule is Br.Br.NNc1ccc(C(=O)NNc2ccccc2)cc1. The lowest BCUT2D eigenvalue weighted by Crippen LogP contribution is -2.29. The van der Waals surface area contributed by atoms with E-state index in [1.165, 1.54) is 0 Å². The molecule has 0 unspecified atom stereocenters. The number of anilines is 2. The van der Waals surface area contributed by atoms with E-state index in [9.17, 15) is 4.79 Å². The number of para-hydroxylation sites is 1. The Morgan fingerprint density at radius 1 is 0.850 bits per heavy atom. The predicted octanol–water partition coefficient (Wildman–Crippen LogP) is 2.88. The molecule has 7 heteroatoms. The highest BCUT2D eigenvalue weighted by molar-refractivity contribution is 8.93. The molecule has 0 heterocycles. The van der Waals surface area contributed by atoms with Crippen LogP contribution in [0.3, 0.4) is 0 Å². The van der Waals surface area contributed by atoms with Crippen LogP contribution < -0.4 is 22.1 Å². The zero-order valence-corrected chi connectivity index (χ0v) is 13.9. The number of amides is 1. The number of hydrogen-bond acceptors (Lipinski definition) is 4. The number of rotatable bonds is 4. The van der Waals surface area contributed by atoms with Crippen LogP contribution in [0.5, 0.6) is 0 Å². The summed E-state index contributed by atoms with van der Waals surface area (Å²) >= 11 is 0. The molecule has 0 saturated carbocycles. The van der Waals surface area contributed by atoms with Gasteiger partial charge < -0.3 is 5.43 Å². The van der Waals surface area contributed by atoms with E-state index in [0.717, 1.165) is 11.4 Å². The summed E-state index contributed by atoms with van der Waals surface area (Å²) in [5, 5.41) is 0. The van der Waals surface area contributed by atoms with E-state index < -0.39 is 0 Å². The normalized spacial score (nSPS) is 8.65. The summed E-state index contributed by atoms with van der Waals surface area (Å²) in [6.07, 6.45) is 0. The van der Waals surface area contributed by atoms with Crippen LogP contribution in [0.15, 0.2) is 54.6 Å². The fraction of sp³-hybridized carbons (Fsp3) is 0. The van der Waals surface area contributed by atoms with Crippen molar-refractivity contribution in [2.45, 2.75) is 0 Å². The van der Waals surface area contributed by atoms with Crippen molar-refractivity contribution < 1.29 is 4.79 Å². The molecule has 0 aromatic heterocycles. The largest absolute Gasteiger partial charge is 0.324 e. The van der Waals surface area contributed by atoms with E-state index in [-0.39, 0.29) is 39.9 Å². The van der Waals surface area contributed by atoms with Crippen molar-refractivity contribution in [3.8, 4) is 0 Å². The van der Waals surface area contributed by atoms with Crippen molar-refractivity contribution in [1.82, 2.24) is 5.43 Å². The maximum absolute atomic E-state index is 11.8. The number of hydrogen-bond donors (Lipinski definition) is 4. The molecular weight excluding hydrogens is 388 g/mol. The summed E-state index contributed by atoms with van der Waals surface area (Å²) in [6, 6.07) is 16.3. The zero-order valence-electron chi connectivity index (χ0n) is 10.5. The zero-order chi connectivity index (χ0) is 12.8. The smallest absolute Gasteiger partial charge is 0.269 e. The van der Waals surface area contributed by atoms with Crippen molar-refractivity contribution in [2.24, 2.45) is 5.84 Å². The summed E-state index contributed by atoms with van der Waals surface area (Å²) in [7, 11) is 0. The third-order valence-electron chi connectivity index (χ3n) is 2.41. The first kappa shape index (κ1) is 18.4. The minimum absolute atomic E-state index is 0. The molecule has 2 aromatic rings. The third-order valence-corrected chi connectivity index (χ3v) is 2.41. The standard InChI is InChI=1S/C13H14N4O.2BrH/c14-15-11-8-6-10(7-9-11)13(18)17-16-12-4-2-1-3-5-12;;/h1-9,15-16H,14H2,(H,17,18);2*1H. The van der Waals surface area contributed by atoms with Gasteiger partial charge in [0.2, 0.25) is 0 Å². The van der Waals surface area contributed by atoms with Gasteiger partial charge in [-0.2, -0.15) is 0 Å². The van der Waals surface area contributed by atoms with E-state index in [4.69, 9.17) is 5.84 Å². The molecule has 0 fully saturated rings. The first-order chi connectivity index (χ1) is 8.79. The molecule has 1 amide bonds. The first-order valence-electron chi connectivity index (χ1n) is 5.47. The summed E-state index contributed by atoms with van der Waals surface area (Å²) in [5.41, 5.74) is 10.1. The molecular formula is C13H16Br2N4O. The summed E-state index contributed by atoms with van der Waals surface area (Å²) < 4.78 is 0. The van der Waals surface area contributed by atoms with Crippen LogP contribution in [0.4, 0.5) is 11.4 Å². The molecule has 0 radical (unpaired) electrons. The van der Waals surface area contributed by atoms with Crippen LogP contribution in [0.25, 0.3) is 0 Å². The van der Waals surface area contributed by atoms with Crippen molar-refractivity contribution in [3.05, 3.63) is 60.2 Å². The predicted molar refractivity (Wildman–Crippen MR) is 92.4 cm³/mol. The number of nitrogen functional groups attached to an aromatic ring is 1. The van der Waals surface area contributed by atoms with Gasteiger partial charge in [-0.1, -0.05) is 18.2 Å². The quantitative estimate of drug-likeness (QED) is 0.467. The minimum Gasteiger partial charge on any atom is -0.324 e. The molecule has 0 aliphatic heterocycles. The maximum atomic E-state index is 11.8. The molecule has 0 spiro atoms. The van der Waals surface area contributed by atoms with Gasteiger partial charge in [-0.25, -0.2) is 0 Å². The highest BCUT2D eigenvalue weighted by atomic mass is 79.9. The van der Waals surface area contributed by atoms with Gasteiger partial charge in [0, 0.05) is 11.3 Å². The van der Waals surface area contributed by atoms with Crippen molar-refractivity contribution >= 4 is 51.2 Å². The fourth-order valence-corrected chi connectivity index (χ4v) is 1.44. The fourth-order valence-electron chi connectivity index (χ4n) is 1.44. The van der Waals surface area contributed by atoms with E-state index in [1.807, 2.05) is 30.3 Å². The number of carbonyl (C=O) groups is 1. The van der Waals surface area contributed by atoms with Gasteiger partial charge in [0.05, 0.1) is 5.69 Å². The van der Waals surface area contributed by atoms with Gasteiger partial charge in [-0.05, 0) is 36.4 Å². The average molecular weight is 404 g/mol. The molecule has 20 heavy (non-hydrogen) atoms. The summed E-state index contributed by atoms with van der Waals surface area (Å²) in [5.74, 6) is 5.04. The second-order valence-electron chi connectivity index (χ2n) is 3.67. The molecule has 5 nitrogen and oxygen atoms in total. The topological polar surface area (TPSA) is 79.2 Å². The Labute approximate surface area is 138 Å². The number of hydrazine groups is 2. The number of benzene rings is 2. The van der Waals surface area contributed by atoms with Crippen LogP contribution in [0.2, 0.25) is 0 Å². The van der Waals surface area contributed by atoms with E-state index in [0.29, 0.717) is 5.56 Å². The lowest BCUT2D eigenvalue weighted by molar-refractivity contribution is 0.0962. The van der Waals surface area contributed by atoms with Crippen LogP contribution >= 0.6 is 34.0 Å². The Bertz CT molecular complexity index is 520. The Morgan fingerprint density at radius 3 is 2.00 bits per heavy atom. The Balaban J connectivity index is 0.00000180. The number of halogens is 2. The Kier molecular flexibility index (Phi) is 8.62. The number of nitrogens with one attached hydrogen (secondary N) is 3. The van der Waals surface area contributed by atoms with Crippen LogP contribution in [-0.2, 0) is 0 Å². The van der Waals surface area contributed by atoms with E-state index in [2.05, 4.69) is 16.3 Å². The van der Waals surface area contributed by atoms with Gasteiger partial charge in [0.1, 0.15) is 0 Å². The minimum atomic E-state index is -0.206. The summed E-state index contributed by atoms with van der Waals surface area (Å²) in [4.78, 5) is 11.8. The molecule has 2 aromatic carbocycles. The highest BCUT2D eigenvalue weighted by Gasteiger charge is 2.04. The molecule has 108 valence electrons. The summed E-state index contributed by atoms with van der Waals surface area (Å²) in [6.45, 7) is 0. The van der Waals surface area contributed by atoms with Crippen LogP contribution in [0.1, 0.15) is 10.4 Å². The molecule has 0 bridgehead atoms. The van der Waals surface area contributed by atoms with Crippen molar-refractivity contribution in [1.29, 1.82) is 0 Å². The Morgan fingerprint density at radius 2 is 1.45 bits per heavy atom. The Hall–Kier alpha value is -1.57. The third kappa shape index (κ3) is 5.20.